The van der Waals surface area contributed by atoms with Crippen molar-refractivity contribution in [2.75, 3.05) is 31.1 Å². The van der Waals surface area contributed by atoms with E-state index in [9.17, 15) is 18.0 Å². The average molecular weight is 399 g/mol. The van der Waals surface area contributed by atoms with Gasteiger partial charge in [-0.1, -0.05) is 13.0 Å². The molecular formula is C18H26N2O4S2. The molecule has 26 heavy (non-hydrogen) atoms. The Morgan fingerprint density at radius 3 is 2.77 bits per heavy atom. The van der Waals surface area contributed by atoms with Crippen molar-refractivity contribution < 1.29 is 18.0 Å². The van der Waals surface area contributed by atoms with Crippen LogP contribution in [0, 0.1) is 5.92 Å². The van der Waals surface area contributed by atoms with Crippen LogP contribution in [0.25, 0.3) is 0 Å². The highest BCUT2D eigenvalue weighted by atomic mass is 32.2. The van der Waals surface area contributed by atoms with Crippen LogP contribution in [0.5, 0.6) is 0 Å². The maximum absolute atomic E-state index is 13.1. The highest BCUT2D eigenvalue weighted by Crippen LogP contribution is 2.25. The molecule has 2 aliphatic rings. The molecule has 3 rings (SSSR count). The first kappa shape index (κ1) is 19.4. The molecule has 3 heterocycles. The van der Waals surface area contributed by atoms with E-state index in [4.69, 9.17) is 0 Å². The SMILES string of the molecule is CCCN(C(=O)C1CCCN(C(=O)c2cccs2)C1)C1CCS(=O)(=O)C1. The van der Waals surface area contributed by atoms with Crippen molar-refractivity contribution in [2.24, 2.45) is 5.92 Å². The molecule has 8 heteroatoms. The van der Waals surface area contributed by atoms with Gasteiger partial charge in [-0.2, -0.15) is 0 Å². The summed E-state index contributed by atoms with van der Waals surface area (Å²) in [6.45, 7) is 3.67. The number of nitrogens with zero attached hydrogens (tertiary/aromatic N) is 2. The first-order valence-corrected chi connectivity index (χ1v) is 11.9. The molecule has 6 nitrogen and oxygen atoms in total. The summed E-state index contributed by atoms with van der Waals surface area (Å²) in [6.07, 6.45) is 2.88. The minimum absolute atomic E-state index is 0.0111. The molecule has 2 amide bonds. The topological polar surface area (TPSA) is 74.8 Å². The second kappa shape index (κ2) is 8.08. The fourth-order valence-electron chi connectivity index (χ4n) is 3.89. The van der Waals surface area contributed by atoms with E-state index >= 15 is 0 Å². The molecule has 2 unspecified atom stereocenters. The summed E-state index contributed by atoms with van der Waals surface area (Å²) in [4.78, 5) is 30.0. The van der Waals surface area contributed by atoms with Crippen LogP contribution in [0.3, 0.4) is 0 Å². The van der Waals surface area contributed by atoms with E-state index in [1.807, 2.05) is 24.4 Å². The summed E-state index contributed by atoms with van der Waals surface area (Å²) >= 11 is 1.42. The Balaban J connectivity index is 1.69. The Kier molecular flexibility index (Phi) is 6.02. The number of carbonyl (C=O) groups is 2. The second-order valence-electron chi connectivity index (χ2n) is 7.16. The van der Waals surface area contributed by atoms with E-state index in [1.54, 1.807) is 9.80 Å². The number of amides is 2. The van der Waals surface area contributed by atoms with E-state index in [0.29, 0.717) is 30.9 Å². The van der Waals surface area contributed by atoms with Gasteiger partial charge in [0.25, 0.3) is 5.91 Å². The van der Waals surface area contributed by atoms with Gasteiger partial charge in [-0.25, -0.2) is 8.42 Å². The van der Waals surface area contributed by atoms with Gasteiger partial charge in [0, 0.05) is 25.7 Å². The van der Waals surface area contributed by atoms with Crippen LogP contribution in [0.4, 0.5) is 0 Å². The zero-order valence-electron chi connectivity index (χ0n) is 15.1. The normalized spacial score (nSPS) is 25.2. The van der Waals surface area contributed by atoms with Crippen molar-refractivity contribution >= 4 is 33.0 Å². The van der Waals surface area contributed by atoms with Crippen molar-refractivity contribution in [1.29, 1.82) is 0 Å². The number of piperidine rings is 1. The lowest BCUT2D eigenvalue weighted by molar-refractivity contribution is -0.139. The molecule has 144 valence electrons. The summed E-state index contributed by atoms with van der Waals surface area (Å²) in [6, 6.07) is 3.45. The largest absolute Gasteiger partial charge is 0.338 e. The fraction of sp³-hybridized carbons (Fsp3) is 0.667. The molecule has 0 aliphatic carbocycles. The van der Waals surface area contributed by atoms with E-state index < -0.39 is 9.84 Å². The van der Waals surface area contributed by atoms with Gasteiger partial charge in [-0.3, -0.25) is 9.59 Å². The van der Waals surface area contributed by atoms with Gasteiger partial charge in [0.2, 0.25) is 5.91 Å². The van der Waals surface area contributed by atoms with Crippen molar-refractivity contribution in [2.45, 2.75) is 38.6 Å². The summed E-state index contributed by atoms with van der Waals surface area (Å²) in [7, 11) is -3.03. The molecule has 2 fully saturated rings. The van der Waals surface area contributed by atoms with Gasteiger partial charge in [-0.15, -0.1) is 11.3 Å². The van der Waals surface area contributed by atoms with E-state index in [1.165, 1.54) is 11.3 Å². The summed E-state index contributed by atoms with van der Waals surface area (Å²) in [5, 5.41) is 1.88. The number of hydrogen-bond donors (Lipinski definition) is 0. The van der Waals surface area contributed by atoms with Crippen LogP contribution in [-0.4, -0.2) is 67.2 Å². The van der Waals surface area contributed by atoms with Gasteiger partial charge >= 0.3 is 0 Å². The third-order valence-electron chi connectivity index (χ3n) is 5.19. The fourth-order valence-corrected chi connectivity index (χ4v) is 6.31. The molecule has 1 aromatic heterocycles. The van der Waals surface area contributed by atoms with Gasteiger partial charge in [0.05, 0.1) is 22.3 Å². The van der Waals surface area contributed by atoms with Crippen LogP contribution in [0.1, 0.15) is 42.3 Å². The monoisotopic (exact) mass is 398 g/mol. The van der Waals surface area contributed by atoms with Gasteiger partial charge < -0.3 is 9.80 Å². The molecule has 0 aromatic carbocycles. The number of likely N-dealkylation sites (tertiary alicyclic amines) is 1. The Morgan fingerprint density at radius 2 is 2.15 bits per heavy atom. The molecule has 0 bridgehead atoms. The van der Waals surface area contributed by atoms with E-state index in [-0.39, 0.29) is 35.3 Å². The molecule has 0 N–H and O–H groups in total. The quantitative estimate of drug-likeness (QED) is 0.761. The van der Waals surface area contributed by atoms with Crippen LogP contribution >= 0.6 is 11.3 Å². The Labute approximate surface area is 159 Å². The molecule has 1 aromatic rings. The van der Waals surface area contributed by atoms with Crippen molar-refractivity contribution in [3.05, 3.63) is 22.4 Å². The predicted molar refractivity (Wildman–Crippen MR) is 102 cm³/mol. The number of carbonyl (C=O) groups excluding carboxylic acids is 2. The maximum Gasteiger partial charge on any atom is 0.263 e. The number of thiophene rings is 1. The first-order chi connectivity index (χ1) is 12.4. The van der Waals surface area contributed by atoms with E-state index in [2.05, 4.69) is 0 Å². The van der Waals surface area contributed by atoms with Gasteiger partial charge in [-0.05, 0) is 37.1 Å². The van der Waals surface area contributed by atoms with E-state index in [0.717, 1.165) is 19.3 Å². The number of rotatable bonds is 5. The molecule has 0 spiro atoms. The maximum atomic E-state index is 13.1. The molecule has 2 aliphatic heterocycles. The number of sulfone groups is 1. The van der Waals surface area contributed by atoms with Crippen LogP contribution < -0.4 is 0 Å². The van der Waals surface area contributed by atoms with Crippen molar-refractivity contribution in [3.8, 4) is 0 Å². The van der Waals surface area contributed by atoms with Crippen molar-refractivity contribution in [3.63, 3.8) is 0 Å². The average Bonchev–Trinajstić information content (AvgIpc) is 3.28. The van der Waals surface area contributed by atoms with Crippen LogP contribution in [-0.2, 0) is 14.6 Å². The third kappa shape index (κ3) is 4.28. The standard InChI is InChI=1S/C18H26N2O4S2/c1-2-8-20(15-7-11-26(23,24)13-15)17(21)14-5-3-9-19(12-14)18(22)16-6-4-10-25-16/h4,6,10,14-15H,2-3,5,7-9,11-13H2,1H3. The highest BCUT2D eigenvalue weighted by Gasteiger charge is 2.38. The predicted octanol–water partition coefficient (Wildman–Crippen LogP) is 2.03. The summed E-state index contributed by atoms with van der Waals surface area (Å²) < 4.78 is 23.7. The van der Waals surface area contributed by atoms with Gasteiger partial charge in [0.1, 0.15) is 0 Å². The lowest BCUT2D eigenvalue weighted by atomic mass is 9.95. The Morgan fingerprint density at radius 1 is 1.35 bits per heavy atom. The minimum atomic E-state index is -3.03. The molecule has 0 radical (unpaired) electrons. The summed E-state index contributed by atoms with van der Waals surface area (Å²) in [5.41, 5.74) is 0. The van der Waals surface area contributed by atoms with Crippen molar-refractivity contribution in [1.82, 2.24) is 9.80 Å². The lowest BCUT2D eigenvalue weighted by Crippen LogP contribution is -2.50. The first-order valence-electron chi connectivity index (χ1n) is 9.25. The van der Waals surface area contributed by atoms with Crippen LogP contribution in [0.2, 0.25) is 0 Å². The zero-order chi connectivity index (χ0) is 18.7. The molecule has 2 atom stereocenters. The highest BCUT2D eigenvalue weighted by molar-refractivity contribution is 7.91. The number of hydrogen-bond acceptors (Lipinski definition) is 5. The van der Waals surface area contributed by atoms with Gasteiger partial charge in [0.15, 0.2) is 9.84 Å². The summed E-state index contributed by atoms with van der Waals surface area (Å²) in [5.74, 6) is 0.00500. The molecule has 2 saturated heterocycles. The molecular weight excluding hydrogens is 372 g/mol. The Bertz CT molecular complexity index is 745. The Hall–Kier alpha value is -1.41. The lowest BCUT2D eigenvalue weighted by Gasteiger charge is -2.36. The second-order valence-corrected chi connectivity index (χ2v) is 10.3. The third-order valence-corrected chi connectivity index (χ3v) is 7.79. The van der Waals surface area contributed by atoms with Crippen LogP contribution in [0.15, 0.2) is 17.5 Å². The minimum Gasteiger partial charge on any atom is -0.338 e. The smallest absolute Gasteiger partial charge is 0.263 e. The molecule has 0 saturated carbocycles. The zero-order valence-corrected chi connectivity index (χ0v) is 16.7.